The number of aryl methyl sites for hydroxylation is 2. The fourth-order valence-electron chi connectivity index (χ4n) is 2.46. The smallest absolute Gasteiger partial charge is 0.323 e. The van der Waals surface area contributed by atoms with E-state index in [4.69, 9.17) is 16.3 Å². The number of halogens is 1. The van der Waals surface area contributed by atoms with Gasteiger partial charge in [0.25, 0.3) is 0 Å². The number of methoxy groups -OCH3 is 1. The summed E-state index contributed by atoms with van der Waals surface area (Å²) < 4.78 is 6.61. The molecule has 0 aromatic carbocycles. The van der Waals surface area contributed by atoms with Crippen molar-refractivity contribution in [3.05, 3.63) is 16.4 Å². The van der Waals surface area contributed by atoms with Crippen LogP contribution >= 0.6 is 11.6 Å². The molecule has 100 valence electrons. The lowest BCUT2D eigenvalue weighted by atomic mass is 10.2. The number of carbonyl (C=O) groups is 1. The predicted molar refractivity (Wildman–Crippen MR) is 68.4 cm³/mol. The highest BCUT2D eigenvalue weighted by Crippen LogP contribution is 2.25. The van der Waals surface area contributed by atoms with Gasteiger partial charge in [0.05, 0.1) is 23.5 Å². The van der Waals surface area contributed by atoms with Gasteiger partial charge >= 0.3 is 5.97 Å². The summed E-state index contributed by atoms with van der Waals surface area (Å²) in [5.74, 6) is -0.164. The SMILES string of the molecule is COC(=O)C1CCCN1Cc1c(Cl)c(C)nn1C. The van der Waals surface area contributed by atoms with Gasteiger partial charge in [-0.25, -0.2) is 0 Å². The Kier molecular flexibility index (Phi) is 3.92. The number of hydrogen-bond donors (Lipinski definition) is 0. The molecular formula is C12H18ClN3O2. The monoisotopic (exact) mass is 271 g/mol. The molecular weight excluding hydrogens is 254 g/mol. The predicted octanol–water partition coefficient (Wildman–Crippen LogP) is 1.52. The van der Waals surface area contributed by atoms with Crippen LogP contribution in [0.1, 0.15) is 24.2 Å². The molecule has 6 heteroatoms. The summed E-state index contributed by atoms with van der Waals surface area (Å²) in [5, 5.41) is 4.97. The van der Waals surface area contributed by atoms with Gasteiger partial charge in [0.1, 0.15) is 6.04 Å². The maximum atomic E-state index is 11.7. The normalized spacial score (nSPS) is 20.3. The fraction of sp³-hybridized carbons (Fsp3) is 0.667. The minimum absolute atomic E-state index is 0.152. The van der Waals surface area contributed by atoms with Gasteiger partial charge < -0.3 is 4.74 Å². The van der Waals surface area contributed by atoms with Crippen LogP contribution in [0, 0.1) is 6.92 Å². The summed E-state index contributed by atoms with van der Waals surface area (Å²) in [6.45, 7) is 3.41. The minimum Gasteiger partial charge on any atom is -0.468 e. The molecule has 1 saturated heterocycles. The Morgan fingerprint density at radius 1 is 1.61 bits per heavy atom. The number of rotatable bonds is 3. The van der Waals surface area contributed by atoms with E-state index in [0.29, 0.717) is 11.6 Å². The molecule has 0 spiro atoms. The molecule has 1 aliphatic rings. The molecule has 2 heterocycles. The van der Waals surface area contributed by atoms with Gasteiger partial charge in [0, 0.05) is 13.6 Å². The highest BCUT2D eigenvalue weighted by Gasteiger charge is 2.32. The number of esters is 1. The summed E-state index contributed by atoms with van der Waals surface area (Å²) in [4.78, 5) is 13.8. The van der Waals surface area contributed by atoms with Crippen LogP contribution in [0.5, 0.6) is 0 Å². The van der Waals surface area contributed by atoms with Crippen molar-refractivity contribution in [2.24, 2.45) is 7.05 Å². The zero-order valence-corrected chi connectivity index (χ0v) is 11.7. The summed E-state index contributed by atoms with van der Waals surface area (Å²) in [5.41, 5.74) is 1.77. The van der Waals surface area contributed by atoms with E-state index >= 15 is 0 Å². The van der Waals surface area contributed by atoms with Crippen molar-refractivity contribution in [1.82, 2.24) is 14.7 Å². The molecule has 0 amide bonds. The maximum Gasteiger partial charge on any atom is 0.323 e. The lowest BCUT2D eigenvalue weighted by Gasteiger charge is -2.22. The first-order valence-corrected chi connectivity index (χ1v) is 6.42. The van der Waals surface area contributed by atoms with E-state index in [0.717, 1.165) is 30.8 Å². The molecule has 5 nitrogen and oxygen atoms in total. The van der Waals surface area contributed by atoms with Crippen LogP contribution in [0.4, 0.5) is 0 Å². The summed E-state index contributed by atoms with van der Waals surface area (Å²) >= 11 is 6.23. The third kappa shape index (κ3) is 2.37. The summed E-state index contributed by atoms with van der Waals surface area (Å²) in [6, 6.07) is -0.152. The zero-order chi connectivity index (χ0) is 13.3. The van der Waals surface area contributed by atoms with Gasteiger partial charge in [-0.2, -0.15) is 5.10 Å². The van der Waals surface area contributed by atoms with E-state index in [1.807, 2.05) is 14.0 Å². The van der Waals surface area contributed by atoms with Crippen LogP contribution in [-0.2, 0) is 23.1 Å². The lowest BCUT2D eigenvalue weighted by molar-refractivity contribution is -0.146. The van der Waals surface area contributed by atoms with Gasteiger partial charge in [-0.3, -0.25) is 14.4 Å². The van der Waals surface area contributed by atoms with Crippen LogP contribution in [0.2, 0.25) is 5.02 Å². The molecule has 0 N–H and O–H groups in total. The molecule has 2 rings (SSSR count). The van der Waals surface area contributed by atoms with Crippen molar-refractivity contribution < 1.29 is 9.53 Å². The van der Waals surface area contributed by atoms with Crippen LogP contribution in [0.15, 0.2) is 0 Å². The molecule has 0 aliphatic carbocycles. The van der Waals surface area contributed by atoms with Crippen molar-refractivity contribution in [3.8, 4) is 0 Å². The van der Waals surface area contributed by atoms with Crippen LogP contribution in [0.25, 0.3) is 0 Å². The second kappa shape index (κ2) is 5.28. The molecule has 0 bridgehead atoms. The van der Waals surface area contributed by atoms with E-state index in [9.17, 15) is 4.79 Å². The first-order valence-electron chi connectivity index (χ1n) is 6.04. The molecule has 1 atom stereocenters. The molecule has 1 aliphatic heterocycles. The van der Waals surface area contributed by atoms with E-state index in [-0.39, 0.29) is 12.0 Å². The Hall–Kier alpha value is -1.07. The van der Waals surface area contributed by atoms with E-state index in [1.54, 1.807) is 4.68 Å². The standard InChI is InChI=1S/C12H18ClN3O2/c1-8-11(13)10(15(2)14-8)7-16-6-4-5-9(16)12(17)18-3/h9H,4-7H2,1-3H3. The van der Waals surface area contributed by atoms with Crippen molar-refractivity contribution in [1.29, 1.82) is 0 Å². The molecule has 0 radical (unpaired) electrons. The van der Waals surface area contributed by atoms with Gasteiger partial charge in [-0.1, -0.05) is 11.6 Å². The Morgan fingerprint density at radius 2 is 2.33 bits per heavy atom. The fourth-order valence-corrected chi connectivity index (χ4v) is 2.68. The Balaban J connectivity index is 2.15. The Bertz CT molecular complexity index is 458. The number of aromatic nitrogens is 2. The average Bonchev–Trinajstić information content (AvgIpc) is 2.89. The molecule has 1 aromatic heterocycles. The highest BCUT2D eigenvalue weighted by atomic mass is 35.5. The molecule has 1 fully saturated rings. The summed E-state index contributed by atoms with van der Waals surface area (Å²) in [7, 11) is 3.30. The first-order chi connectivity index (χ1) is 8.54. The highest BCUT2D eigenvalue weighted by molar-refractivity contribution is 6.31. The van der Waals surface area contributed by atoms with Crippen molar-refractivity contribution in [2.75, 3.05) is 13.7 Å². The second-order valence-electron chi connectivity index (χ2n) is 4.62. The quantitative estimate of drug-likeness (QED) is 0.782. The maximum absolute atomic E-state index is 11.7. The van der Waals surface area contributed by atoms with Crippen molar-refractivity contribution in [3.63, 3.8) is 0 Å². The van der Waals surface area contributed by atoms with E-state index < -0.39 is 0 Å². The molecule has 1 aromatic rings. The van der Waals surface area contributed by atoms with Gasteiger partial charge in [-0.05, 0) is 26.3 Å². The average molecular weight is 272 g/mol. The van der Waals surface area contributed by atoms with Gasteiger partial charge in [0.15, 0.2) is 0 Å². The molecule has 18 heavy (non-hydrogen) atoms. The number of hydrogen-bond acceptors (Lipinski definition) is 4. The van der Waals surface area contributed by atoms with E-state index in [2.05, 4.69) is 10.00 Å². The Labute approximate surface area is 112 Å². The van der Waals surface area contributed by atoms with Crippen LogP contribution in [-0.4, -0.2) is 40.3 Å². The van der Waals surface area contributed by atoms with Gasteiger partial charge in [0.2, 0.25) is 0 Å². The molecule has 1 unspecified atom stereocenters. The van der Waals surface area contributed by atoms with Crippen molar-refractivity contribution in [2.45, 2.75) is 32.4 Å². The number of nitrogens with zero attached hydrogens (tertiary/aromatic N) is 3. The van der Waals surface area contributed by atoms with Crippen LogP contribution < -0.4 is 0 Å². The summed E-state index contributed by atoms with van der Waals surface area (Å²) in [6.07, 6.45) is 1.86. The largest absolute Gasteiger partial charge is 0.468 e. The third-order valence-corrected chi connectivity index (χ3v) is 3.94. The number of ether oxygens (including phenoxy) is 1. The number of likely N-dealkylation sites (tertiary alicyclic amines) is 1. The van der Waals surface area contributed by atoms with Crippen molar-refractivity contribution >= 4 is 17.6 Å². The minimum atomic E-state index is -0.164. The Morgan fingerprint density at radius 3 is 2.89 bits per heavy atom. The first kappa shape index (κ1) is 13.4. The third-order valence-electron chi connectivity index (χ3n) is 3.45. The van der Waals surface area contributed by atoms with E-state index in [1.165, 1.54) is 7.11 Å². The number of carbonyl (C=O) groups excluding carboxylic acids is 1. The second-order valence-corrected chi connectivity index (χ2v) is 5.00. The molecule has 0 saturated carbocycles. The zero-order valence-electron chi connectivity index (χ0n) is 10.9. The van der Waals surface area contributed by atoms with Gasteiger partial charge in [-0.15, -0.1) is 0 Å². The van der Waals surface area contributed by atoms with Crippen LogP contribution in [0.3, 0.4) is 0 Å². The lowest BCUT2D eigenvalue weighted by Crippen LogP contribution is -2.36. The topological polar surface area (TPSA) is 47.4 Å².